The molecule has 8 nitrogen and oxygen atoms in total. The fraction of sp³-hybridized carbons (Fsp3) is 0.208. The first-order chi connectivity index (χ1) is 16.2. The molecular weight excluding hydrogens is 440 g/mol. The molecule has 0 saturated carbocycles. The highest BCUT2D eigenvalue weighted by Crippen LogP contribution is 2.31. The van der Waals surface area contributed by atoms with E-state index in [-0.39, 0.29) is 11.7 Å². The van der Waals surface area contributed by atoms with Crippen LogP contribution >= 0.6 is 11.8 Å². The number of amides is 1. The third-order valence-corrected chi connectivity index (χ3v) is 6.08. The van der Waals surface area contributed by atoms with Crippen LogP contribution < -0.4 is 9.47 Å². The number of para-hydroxylation sites is 1. The quantitative estimate of drug-likeness (QED) is 0.383. The zero-order valence-corrected chi connectivity index (χ0v) is 18.8. The summed E-state index contributed by atoms with van der Waals surface area (Å²) in [5, 5.41) is 9.26. The van der Waals surface area contributed by atoms with Crippen molar-refractivity contribution in [2.24, 2.45) is 0 Å². The number of fused-ring (bicyclic) bond motifs is 1. The van der Waals surface area contributed by atoms with E-state index in [1.54, 1.807) is 18.2 Å². The molecule has 0 saturated heterocycles. The number of rotatable bonds is 7. The Hall–Kier alpha value is -3.72. The highest BCUT2D eigenvalue weighted by molar-refractivity contribution is 7.99. The van der Waals surface area contributed by atoms with Crippen LogP contribution in [-0.2, 0) is 11.3 Å². The maximum absolute atomic E-state index is 12.9. The molecule has 0 N–H and O–H groups in total. The summed E-state index contributed by atoms with van der Waals surface area (Å²) in [5.74, 6) is 2.87. The zero-order chi connectivity index (χ0) is 22.6. The first-order valence-electron chi connectivity index (χ1n) is 10.5. The molecule has 9 heteroatoms. The Morgan fingerprint density at radius 1 is 1.03 bits per heavy atom. The van der Waals surface area contributed by atoms with Gasteiger partial charge in [-0.3, -0.25) is 9.36 Å². The van der Waals surface area contributed by atoms with Crippen molar-refractivity contribution in [3.63, 3.8) is 0 Å². The molecule has 0 aliphatic carbocycles. The lowest BCUT2D eigenvalue weighted by Crippen LogP contribution is -2.28. The molecule has 0 radical (unpaired) electrons. The van der Waals surface area contributed by atoms with Crippen LogP contribution in [0.3, 0.4) is 0 Å². The van der Waals surface area contributed by atoms with Crippen molar-refractivity contribution >= 4 is 17.7 Å². The molecular formula is C24H22N4O4S. The zero-order valence-electron chi connectivity index (χ0n) is 18.0. The van der Waals surface area contributed by atoms with Gasteiger partial charge in [-0.1, -0.05) is 36.0 Å². The van der Waals surface area contributed by atoms with E-state index < -0.39 is 0 Å². The van der Waals surface area contributed by atoms with Gasteiger partial charge in [-0.25, -0.2) is 0 Å². The molecule has 168 valence electrons. The molecule has 0 spiro atoms. The summed E-state index contributed by atoms with van der Waals surface area (Å²) in [7, 11) is 1.79. The normalized spacial score (nSPS) is 12.5. The van der Waals surface area contributed by atoms with Crippen molar-refractivity contribution < 1.29 is 18.7 Å². The number of carbonyl (C=O) groups is 1. The van der Waals surface area contributed by atoms with Crippen molar-refractivity contribution in [3.05, 3.63) is 72.5 Å². The number of benzene rings is 2. The summed E-state index contributed by atoms with van der Waals surface area (Å²) in [5.41, 5.74) is 1.88. The molecule has 1 aliphatic rings. The average Bonchev–Trinajstić information content (AvgIpc) is 3.53. The number of hydrogen-bond acceptors (Lipinski definition) is 7. The van der Waals surface area contributed by atoms with E-state index in [1.165, 1.54) is 11.8 Å². The fourth-order valence-electron chi connectivity index (χ4n) is 3.52. The Morgan fingerprint density at radius 2 is 1.85 bits per heavy atom. The third kappa shape index (κ3) is 4.58. The Kier molecular flexibility index (Phi) is 6.03. The van der Waals surface area contributed by atoms with E-state index in [0.29, 0.717) is 36.5 Å². The van der Waals surface area contributed by atoms with E-state index in [2.05, 4.69) is 10.2 Å². The minimum Gasteiger partial charge on any atom is -0.486 e. The second-order valence-corrected chi connectivity index (χ2v) is 8.41. The topological polar surface area (TPSA) is 82.6 Å². The molecule has 5 rings (SSSR count). The van der Waals surface area contributed by atoms with E-state index >= 15 is 0 Å². The van der Waals surface area contributed by atoms with Crippen LogP contribution in [0.1, 0.15) is 5.56 Å². The summed E-state index contributed by atoms with van der Waals surface area (Å²) in [6.45, 7) is 1.56. The van der Waals surface area contributed by atoms with Crippen LogP contribution in [0, 0.1) is 0 Å². The SMILES string of the molecule is CN(Cc1ccc2c(c1)OCCO2)C(=O)CSc1nnc(-c2ccco2)n1-c1ccccc1. The van der Waals surface area contributed by atoms with Crippen LogP contribution in [0.25, 0.3) is 17.3 Å². The molecule has 0 atom stereocenters. The van der Waals surface area contributed by atoms with Crippen LogP contribution in [-0.4, -0.2) is 51.6 Å². The number of hydrogen-bond donors (Lipinski definition) is 0. The maximum Gasteiger partial charge on any atom is 0.233 e. The Labute approximate surface area is 195 Å². The predicted molar refractivity (Wildman–Crippen MR) is 124 cm³/mol. The first kappa shape index (κ1) is 21.1. The monoisotopic (exact) mass is 462 g/mol. The highest BCUT2D eigenvalue weighted by atomic mass is 32.2. The maximum atomic E-state index is 12.9. The first-order valence-corrected chi connectivity index (χ1v) is 11.5. The standard InChI is InChI=1S/C24H22N4O4S/c1-27(15-17-9-10-19-21(14-17)32-13-12-31-19)22(29)16-33-24-26-25-23(20-8-5-11-30-20)28(24)18-6-3-2-4-7-18/h2-11,14H,12-13,15-16H2,1H3. The second kappa shape index (κ2) is 9.41. The fourth-order valence-corrected chi connectivity index (χ4v) is 4.42. The average molecular weight is 463 g/mol. The summed E-state index contributed by atoms with van der Waals surface area (Å²) >= 11 is 1.34. The molecule has 0 unspecified atom stereocenters. The molecule has 33 heavy (non-hydrogen) atoms. The van der Waals surface area contributed by atoms with Crippen molar-refractivity contribution in [1.82, 2.24) is 19.7 Å². The lowest BCUT2D eigenvalue weighted by Gasteiger charge is -2.21. The lowest BCUT2D eigenvalue weighted by atomic mass is 10.2. The van der Waals surface area contributed by atoms with Gasteiger partial charge < -0.3 is 18.8 Å². The second-order valence-electron chi connectivity index (χ2n) is 7.47. The van der Waals surface area contributed by atoms with E-state index in [1.807, 2.05) is 65.2 Å². The Bertz CT molecular complexity index is 1240. The molecule has 2 aromatic heterocycles. The highest BCUT2D eigenvalue weighted by Gasteiger charge is 2.20. The number of ether oxygens (including phenoxy) is 2. The number of nitrogens with zero attached hydrogens (tertiary/aromatic N) is 4. The van der Waals surface area contributed by atoms with Gasteiger partial charge in [0.15, 0.2) is 22.4 Å². The van der Waals surface area contributed by atoms with Gasteiger partial charge in [0, 0.05) is 19.3 Å². The van der Waals surface area contributed by atoms with Gasteiger partial charge in [0.25, 0.3) is 0 Å². The van der Waals surface area contributed by atoms with Gasteiger partial charge in [0.2, 0.25) is 11.7 Å². The Morgan fingerprint density at radius 3 is 2.64 bits per heavy atom. The van der Waals surface area contributed by atoms with Crippen molar-refractivity contribution in [1.29, 1.82) is 0 Å². The molecule has 1 amide bonds. The summed E-state index contributed by atoms with van der Waals surface area (Å²) in [6, 6.07) is 19.2. The van der Waals surface area contributed by atoms with Crippen molar-refractivity contribution in [3.8, 4) is 28.8 Å². The molecule has 4 aromatic rings. The molecule has 0 bridgehead atoms. The molecule has 0 fully saturated rings. The van der Waals surface area contributed by atoms with Gasteiger partial charge >= 0.3 is 0 Å². The molecule has 2 aromatic carbocycles. The van der Waals surface area contributed by atoms with Crippen LogP contribution in [0.15, 0.2) is 76.5 Å². The summed E-state index contributed by atoms with van der Waals surface area (Å²) in [6.07, 6.45) is 1.60. The van der Waals surface area contributed by atoms with Crippen LogP contribution in [0.2, 0.25) is 0 Å². The number of carbonyl (C=O) groups excluding carboxylic acids is 1. The molecule has 3 heterocycles. The van der Waals surface area contributed by atoms with Gasteiger partial charge in [0.1, 0.15) is 13.2 Å². The van der Waals surface area contributed by atoms with Gasteiger partial charge in [-0.2, -0.15) is 0 Å². The summed E-state index contributed by atoms with van der Waals surface area (Å²) < 4.78 is 18.6. The largest absolute Gasteiger partial charge is 0.486 e. The number of aromatic nitrogens is 3. The van der Waals surface area contributed by atoms with Gasteiger partial charge in [0.05, 0.1) is 12.0 Å². The number of furan rings is 1. The third-order valence-electron chi connectivity index (χ3n) is 5.17. The minimum absolute atomic E-state index is 0.0166. The Balaban J connectivity index is 1.29. The van der Waals surface area contributed by atoms with Gasteiger partial charge in [-0.05, 0) is 42.0 Å². The lowest BCUT2D eigenvalue weighted by molar-refractivity contribution is -0.127. The molecule has 1 aliphatic heterocycles. The van der Waals surface area contributed by atoms with Crippen molar-refractivity contribution in [2.75, 3.05) is 26.0 Å². The van der Waals surface area contributed by atoms with E-state index in [9.17, 15) is 4.79 Å². The predicted octanol–water partition coefficient (Wildman–Crippen LogP) is 4.05. The van der Waals surface area contributed by atoms with Crippen LogP contribution in [0.5, 0.6) is 11.5 Å². The van der Waals surface area contributed by atoms with Crippen LogP contribution in [0.4, 0.5) is 0 Å². The smallest absolute Gasteiger partial charge is 0.233 e. The van der Waals surface area contributed by atoms with E-state index in [0.717, 1.165) is 22.7 Å². The van der Waals surface area contributed by atoms with Gasteiger partial charge in [-0.15, -0.1) is 10.2 Å². The number of thioether (sulfide) groups is 1. The minimum atomic E-state index is -0.0166. The van der Waals surface area contributed by atoms with Crippen molar-refractivity contribution in [2.45, 2.75) is 11.7 Å². The summed E-state index contributed by atoms with van der Waals surface area (Å²) in [4.78, 5) is 14.6. The van der Waals surface area contributed by atoms with E-state index in [4.69, 9.17) is 13.9 Å².